The summed E-state index contributed by atoms with van der Waals surface area (Å²) in [7, 11) is 0. The molecule has 0 atom stereocenters. The SMILES string of the molecule is CSCCCNc1nnc(Cl)cc1C(N)=O. The van der Waals surface area contributed by atoms with Gasteiger partial charge in [0.05, 0.1) is 5.56 Å². The molecule has 1 rings (SSSR count). The van der Waals surface area contributed by atoms with Gasteiger partial charge >= 0.3 is 0 Å². The highest BCUT2D eigenvalue weighted by Gasteiger charge is 2.10. The number of carbonyl (C=O) groups excluding carboxylic acids is 1. The number of nitrogens with one attached hydrogen (secondary N) is 1. The van der Waals surface area contributed by atoms with Gasteiger partial charge in [0.25, 0.3) is 5.91 Å². The molecule has 1 aromatic rings. The fourth-order valence-corrected chi connectivity index (χ4v) is 1.69. The minimum Gasteiger partial charge on any atom is -0.368 e. The molecule has 16 heavy (non-hydrogen) atoms. The van der Waals surface area contributed by atoms with Crippen LogP contribution in [0.3, 0.4) is 0 Å². The molecular formula is C9H13ClN4OS. The van der Waals surface area contributed by atoms with Crippen LogP contribution in [0.25, 0.3) is 0 Å². The zero-order valence-electron chi connectivity index (χ0n) is 8.86. The molecule has 1 amide bonds. The van der Waals surface area contributed by atoms with Crippen LogP contribution in [0, 0.1) is 0 Å². The van der Waals surface area contributed by atoms with Crippen molar-refractivity contribution in [1.82, 2.24) is 10.2 Å². The van der Waals surface area contributed by atoms with E-state index in [0.29, 0.717) is 5.82 Å². The van der Waals surface area contributed by atoms with E-state index in [-0.39, 0.29) is 10.7 Å². The lowest BCUT2D eigenvalue weighted by Crippen LogP contribution is -2.17. The molecule has 88 valence electrons. The van der Waals surface area contributed by atoms with Crippen molar-refractivity contribution in [3.63, 3.8) is 0 Å². The van der Waals surface area contributed by atoms with E-state index in [0.717, 1.165) is 18.7 Å². The first-order chi connectivity index (χ1) is 7.65. The summed E-state index contributed by atoms with van der Waals surface area (Å²) in [5.74, 6) is 0.863. The molecule has 1 aromatic heterocycles. The van der Waals surface area contributed by atoms with Gasteiger partial charge in [-0.25, -0.2) is 0 Å². The molecule has 1 heterocycles. The van der Waals surface area contributed by atoms with Crippen molar-refractivity contribution < 1.29 is 4.79 Å². The van der Waals surface area contributed by atoms with Crippen molar-refractivity contribution in [2.24, 2.45) is 5.73 Å². The lowest BCUT2D eigenvalue weighted by Gasteiger charge is -2.07. The minimum atomic E-state index is -0.566. The molecule has 0 aliphatic carbocycles. The Morgan fingerprint density at radius 3 is 3.00 bits per heavy atom. The zero-order chi connectivity index (χ0) is 12.0. The molecule has 0 aromatic carbocycles. The number of amides is 1. The number of thioether (sulfide) groups is 1. The molecule has 3 N–H and O–H groups in total. The normalized spacial score (nSPS) is 10.1. The lowest BCUT2D eigenvalue weighted by atomic mass is 10.2. The Bertz CT molecular complexity index is 375. The Balaban J connectivity index is 2.67. The lowest BCUT2D eigenvalue weighted by molar-refractivity contribution is 0.100. The zero-order valence-corrected chi connectivity index (χ0v) is 10.4. The number of nitrogens with zero attached hydrogens (tertiary/aromatic N) is 2. The Kier molecular flexibility index (Phi) is 5.34. The summed E-state index contributed by atoms with van der Waals surface area (Å²) in [5, 5.41) is 10.6. The summed E-state index contributed by atoms with van der Waals surface area (Å²) >= 11 is 7.39. The molecule has 7 heteroatoms. The van der Waals surface area contributed by atoms with Crippen LogP contribution in [0.2, 0.25) is 5.15 Å². The number of primary amides is 1. The van der Waals surface area contributed by atoms with E-state index in [1.165, 1.54) is 6.07 Å². The first-order valence-electron chi connectivity index (χ1n) is 4.71. The average Bonchev–Trinajstić information content (AvgIpc) is 2.26. The molecule has 0 saturated heterocycles. The van der Waals surface area contributed by atoms with Crippen molar-refractivity contribution in [2.75, 3.05) is 23.9 Å². The van der Waals surface area contributed by atoms with Gasteiger partial charge in [0.1, 0.15) is 0 Å². The fraction of sp³-hybridized carbons (Fsp3) is 0.444. The molecule has 0 radical (unpaired) electrons. The second kappa shape index (κ2) is 6.55. The van der Waals surface area contributed by atoms with E-state index in [9.17, 15) is 4.79 Å². The van der Waals surface area contributed by atoms with Crippen molar-refractivity contribution in [3.05, 3.63) is 16.8 Å². The van der Waals surface area contributed by atoms with Gasteiger partial charge in [0, 0.05) is 6.54 Å². The number of aromatic nitrogens is 2. The molecule has 0 saturated carbocycles. The van der Waals surface area contributed by atoms with E-state index in [1.54, 1.807) is 11.8 Å². The Morgan fingerprint density at radius 1 is 1.62 bits per heavy atom. The minimum absolute atomic E-state index is 0.156. The average molecular weight is 261 g/mol. The topological polar surface area (TPSA) is 80.9 Å². The standard InChI is InChI=1S/C9H13ClN4OS/c1-16-4-2-3-12-9-6(8(11)15)5-7(10)13-14-9/h5H,2-4H2,1H3,(H2,11,15)(H,12,14). The Hall–Kier alpha value is -1.01. The van der Waals surface area contributed by atoms with Crippen LogP contribution in [0.15, 0.2) is 6.07 Å². The quantitative estimate of drug-likeness (QED) is 0.756. The Morgan fingerprint density at radius 2 is 2.38 bits per heavy atom. The highest BCUT2D eigenvalue weighted by molar-refractivity contribution is 7.98. The third-order valence-corrected chi connectivity index (χ3v) is 2.73. The van der Waals surface area contributed by atoms with Crippen LogP contribution < -0.4 is 11.1 Å². The van der Waals surface area contributed by atoms with E-state index in [4.69, 9.17) is 17.3 Å². The smallest absolute Gasteiger partial charge is 0.252 e. The van der Waals surface area contributed by atoms with Crippen LogP contribution in [0.5, 0.6) is 0 Å². The van der Waals surface area contributed by atoms with Gasteiger partial charge in [-0.1, -0.05) is 11.6 Å². The van der Waals surface area contributed by atoms with Crippen LogP contribution in [-0.2, 0) is 0 Å². The van der Waals surface area contributed by atoms with Crippen molar-refractivity contribution in [3.8, 4) is 0 Å². The number of nitrogens with two attached hydrogens (primary N) is 1. The molecule has 0 fully saturated rings. The van der Waals surface area contributed by atoms with Crippen molar-refractivity contribution in [2.45, 2.75) is 6.42 Å². The molecule has 0 spiro atoms. The number of hydrogen-bond acceptors (Lipinski definition) is 5. The van der Waals surface area contributed by atoms with Crippen LogP contribution in [0.4, 0.5) is 5.82 Å². The molecule has 0 bridgehead atoms. The van der Waals surface area contributed by atoms with Crippen molar-refractivity contribution >= 4 is 35.1 Å². The number of anilines is 1. The number of hydrogen-bond donors (Lipinski definition) is 2. The second-order valence-electron chi connectivity index (χ2n) is 3.07. The molecule has 5 nitrogen and oxygen atoms in total. The molecule has 0 aliphatic heterocycles. The maximum Gasteiger partial charge on any atom is 0.252 e. The van der Waals surface area contributed by atoms with E-state index in [1.807, 2.05) is 6.26 Å². The van der Waals surface area contributed by atoms with Gasteiger partial charge in [-0.05, 0) is 24.5 Å². The third-order valence-electron chi connectivity index (χ3n) is 1.85. The second-order valence-corrected chi connectivity index (χ2v) is 4.44. The number of rotatable bonds is 6. The largest absolute Gasteiger partial charge is 0.368 e. The number of halogens is 1. The van der Waals surface area contributed by atoms with Gasteiger partial charge < -0.3 is 11.1 Å². The van der Waals surface area contributed by atoms with Gasteiger partial charge in [0.2, 0.25) is 0 Å². The highest BCUT2D eigenvalue weighted by atomic mass is 35.5. The summed E-state index contributed by atoms with van der Waals surface area (Å²) in [6.45, 7) is 0.720. The first kappa shape index (κ1) is 13.1. The van der Waals surface area contributed by atoms with Gasteiger partial charge in [0.15, 0.2) is 11.0 Å². The van der Waals surface area contributed by atoms with Crippen LogP contribution >= 0.6 is 23.4 Å². The van der Waals surface area contributed by atoms with E-state index >= 15 is 0 Å². The molecule has 0 unspecified atom stereocenters. The summed E-state index contributed by atoms with van der Waals surface area (Å²) in [4.78, 5) is 11.1. The predicted molar refractivity (Wildman–Crippen MR) is 67.0 cm³/mol. The summed E-state index contributed by atoms with van der Waals surface area (Å²) in [6, 6.07) is 1.41. The first-order valence-corrected chi connectivity index (χ1v) is 6.48. The predicted octanol–water partition coefficient (Wildman–Crippen LogP) is 1.39. The van der Waals surface area contributed by atoms with Gasteiger partial charge in [-0.3, -0.25) is 4.79 Å². The van der Waals surface area contributed by atoms with Crippen molar-refractivity contribution in [1.29, 1.82) is 0 Å². The summed E-state index contributed by atoms with van der Waals surface area (Å²) in [5.41, 5.74) is 5.47. The van der Waals surface area contributed by atoms with Gasteiger partial charge in [-0.2, -0.15) is 11.8 Å². The third kappa shape index (κ3) is 3.86. The van der Waals surface area contributed by atoms with Gasteiger partial charge in [-0.15, -0.1) is 10.2 Å². The maximum absolute atomic E-state index is 11.1. The summed E-state index contributed by atoms with van der Waals surface area (Å²) in [6.07, 6.45) is 3.01. The molecular weight excluding hydrogens is 248 g/mol. The highest BCUT2D eigenvalue weighted by Crippen LogP contribution is 2.14. The monoisotopic (exact) mass is 260 g/mol. The van der Waals surface area contributed by atoms with E-state index < -0.39 is 5.91 Å². The molecule has 0 aliphatic rings. The van der Waals surface area contributed by atoms with E-state index in [2.05, 4.69) is 15.5 Å². The number of carbonyl (C=O) groups is 1. The van der Waals surface area contributed by atoms with Crippen LogP contribution in [0.1, 0.15) is 16.8 Å². The summed E-state index contributed by atoms with van der Waals surface area (Å²) < 4.78 is 0. The Labute approximate surface area is 103 Å². The van der Waals surface area contributed by atoms with Crippen LogP contribution in [-0.4, -0.2) is 34.7 Å². The fourth-order valence-electron chi connectivity index (χ4n) is 1.11. The maximum atomic E-state index is 11.1.